The standard InChI is InChI=1S/C17H11ClN4S/c1-19-16-14(10-5-2-3-6-12(10)18)11-9-20-22-17(11)21-15(16)13-7-4-8-23-13/h2-9,14H,(H2,20,21,22). The van der Waals surface area contributed by atoms with Crippen molar-refractivity contribution in [1.29, 1.82) is 0 Å². The van der Waals surface area contributed by atoms with E-state index < -0.39 is 0 Å². The maximum absolute atomic E-state index is 7.73. The summed E-state index contributed by atoms with van der Waals surface area (Å²) in [6, 6.07) is 11.6. The predicted molar refractivity (Wildman–Crippen MR) is 93.3 cm³/mol. The third-order valence-corrected chi connectivity index (χ3v) is 5.10. The zero-order chi connectivity index (χ0) is 15.8. The second kappa shape index (κ2) is 5.58. The van der Waals surface area contributed by atoms with Gasteiger partial charge < -0.3 is 5.32 Å². The van der Waals surface area contributed by atoms with E-state index >= 15 is 0 Å². The molecule has 3 heterocycles. The minimum Gasteiger partial charge on any atom is -0.349 e. The number of fused-ring (bicyclic) bond motifs is 1. The first-order chi connectivity index (χ1) is 11.3. The molecule has 0 amide bonds. The predicted octanol–water partition coefficient (Wildman–Crippen LogP) is 4.97. The Kier molecular flexibility index (Phi) is 3.41. The summed E-state index contributed by atoms with van der Waals surface area (Å²) in [5, 5.41) is 13.1. The molecule has 2 N–H and O–H groups in total. The van der Waals surface area contributed by atoms with Crippen molar-refractivity contribution in [2.75, 3.05) is 5.32 Å². The van der Waals surface area contributed by atoms with Gasteiger partial charge in [-0.2, -0.15) is 5.10 Å². The molecule has 1 unspecified atom stereocenters. The van der Waals surface area contributed by atoms with Gasteiger partial charge in [0.05, 0.1) is 24.4 Å². The van der Waals surface area contributed by atoms with E-state index in [1.54, 1.807) is 17.5 Å². The number of hydrogen-bond donors (Lipinski definition) is 2. The molecule has 0 saturated heterocycles. The highest BCUT2D eigenvalue weighted by atomic mass is 35.5. The van der Waals surface area contributed by atoms with Crippen LogP contribution >= 0.6 is 22.9 Å². The number of rotatable bonds is 2. The van der Waals surface area contributed by atoms with Crippen molar-refractivity contribution in [3.05, 3.63) is 86.1 Å². The maximum atomic E-state index is 7.73. The lowest BCUT2D eigenvalue weighted by Crippen LogP contribution is -2.16. The molecule has 6 heteroatoms. The van der Waals surface area contributed by atoms with E-state index in [0.29, 0.717) is 10.7 Å². The average Bonchev–Trinajstić information content (AvgIpc) is 3.25. The van der Waals surface area contributed by atoms with E-state index in [-0.39, 0.29) is 5.92 Å². The molecule has 112 valence electrons. The van der Waals surface area contributed by atoms with Gasteiger partial charge in [0.15, 0.2) is 0 Å². The minimum atomic E-state index is -0.228. The van der Waals surface area contributed by atoms with Gasteiger partial charge in [-0.1, -0.05) is 35.9 Å². The molecule has 23 heavy (non-hydrogen) atoms. The molecule has 1 aliphatic rings. The Morgan fingerprint density at radius 1 is 1.17 bits per heavy atom. The van der Waals surface area contributed by atoms with E-state index in [9.17, 15) is 0 Å². The number of aromatic nitrogens is 2. The van der Waals surface area contributed by atoms with Crippen molar-refractivity contribution < 1.29 is 0 Å². The molecule has 1 atom stereocenters. The zero-order valence-corrected chi connectivity index (χ0v) is 13.4. The normalized spacial score (nSPS) is 16.6. The molecule has 2 aromatic heterocycles. The highest BCUT2D eigenvalue weighted by molar-refractivity contribution is 7.11. The van der Waals surface area contributed by atoms with Crippen LogP contribution in [0, 0.1) is 6.57 Å². The number of anilines is 1. The second-order valence-electron chi connectivity index (χ2n) is 5.13. The van der Waals surface area contributed by atoms with Gasteiger partial charge in [0.2, 0.25) is 5.70 Å². The first-order valence-corrected chi connectivity index (χ1v) is 8.25. The summed E-state index contributed by atoms with van der Waals surface area (Å²) in [4.78, 5) is 4.86. The van der Waals surface area contributed by atoms with E-state index in [0.717, 1.165) is 27.5 Å². The van der Waals surface area contributed by atoms with Gasteiger partial charge in [0.25, 0.3) is 0 Å². The third-order valence-electron chi connectivity index (χ3n) is 3.86. The summed E-state index contributed by atoms with van der Waals surface area (Å²) in [5.74, 6) is 0.582. The third kappa shape index (κ3) is 2.24. The van der Waals surface area contributed by atoms with Crippen molar-refractivity contribution in [3.63, 3.8) is 0 Å². The van der Waals surface area contributed by atoms with Crippen LogP contribution in [0.3, 0.4) is 0 Å². The molecule has 0 aliphatic carbocycles. The van der Waals surface area contributed by atoms with Crippen LogP contribution in [0.25, 0.3) is 10.5 Å². The second-order valence-corrected chi connectivity index (χ2v) is 6.48. The van der Waals surface area contributed by atoms with Crippen LogP contribution in [0.5, 0.6) is 0 Å². The van der Waals surface area contributed by atoms with Gasteiger partial charge in [0, 0.05) is 15.5 Å². The Labute approximate surface area is 142 Å². The molecule has 1 aliphatic heterocycles. The van der Waals surface area contributed by atoms with E-state index in [2.05, 4.69) is 20.4 Å². The Hall–Kier alpha value is -2.55. The van der Waals surface area contributed by atoms with Crippen LogP contribution in [0.2, 0.25) is 5.02 Å². The largest absolute Gasteiger partial charge is 0.349 e. The molecule has 1 aromatic carbocycles. The SMILES string of the molecule is [C-]#[N+]C1=C(c2cccs2)Nc2[nH]ncc2C1c1ccccc1Cl. The van der Waals surface area contributed by atoms with E-state index in [1.807, 2.05) is 41.8 Å². The van der Waals surface area contributed by atoms with Crippen LogP contribution in [0.15, 0.2) is 53.7 Å². The Balaban J connectivity index is 1.98. The fourth-order valence-corrected chi connectivity index (χ4v) is 3.83. The lowest BCUT2D eigenvalue weighted by atomic mass is 9.86. The summed E-state index contributed by atoms with van der Waals surface area (Å²) in [6.45, 7) is 7.73. The summed E-state index contributed by atoms with van der Waals surface area (Å²) in [7, 11) is 0. The van der Waals surface area contributed by atoms with Crippen molar-refractivity contribution in [1.82, 2.24) is 10.2 Å². The fourth-order valence-electron chi connectivity index (χ4n) is 2.85. The number of nitrogens with one attached hydrogen (secondary N) is 2. The van der Waals surface area contributed by atoms with E-state index in [1.165, 1.54) is 0 Å². The highest BCUT2D eigenvalue weighted by Gasteiger charge is 2.33. The zero-order valence-electron chi connectivity index (χ0n) is 11.9. The first kappa shape index (κ1) is 14.1. The number of thiophene rings is 1. The molecule has 0 fully saturated rings. The summed E-state index contributed by atoms with van der Waals surface area (Å²) >= 11 is 8.01. The van der Waals surface area contributed by atoms with Crippen molar-refractivity contribution >= 4 is 34.5 Å². The molecular weight excluding hydrogens is 328 g/mol. The van der Waals surface area contributed by atoms with Gasteiger partial charge in [0.1, 0.15) is 5.82 Å². The Morgan fingerprint density at radius 2 is 2.04 bits per heavy atom. The van der Waals surface area contributed by atoms with Crippen LogP contribution < -0.4 is 5.32 Å². The van der Waals surface area contributed by atoms with Crippen LogP contribution in [-0.4, -0.2) is 10.2 Å². The summed E-state index contributed by atoms with van der Waals surface area (Å²) in [6.07, 6.45) is 1.76. The number of H-pyrrole nitrogens is 1. The number of hydrogen-bond acceptors (Lipinski definition) is 3. The van der Waals surface area contributed by atoms with Crippen LogP contribution in [0.4, 0.5) is 5.82 Å². The van der Waals surface area contributed by atoms with Gasteiger partial charge >= 0.3 is 0 Å². The maximum Gasteiger partial charge on any atom is 0.201 e. The number of nitrogens with zero attached hydrogens (tertiary/aromatic N) is 2. The van der Waals surface area contributed by atoms with Gasteiger partial charge in [-0.3, -0.25) is 5.10 Å². The summed E-state index contributed by atoms with van der Waals surface area (Å²) in [5.41, 5.74) is 3.30. The number of halogens is 1. The lowest BCUT2D eigenvalue weighted by Gasteiger charge is -2.26. The first-order valence-electron chi connectivity index (χ1n) is 7.00. The summed E-state index contributed by atoms with van der Waals surface area (Å²) < 4.78 is 0. The molecule has 4 rings (SSSR count). The van der Waals surface area contributed by atoms with Gasteiger partial charge in [-0.25, -0.2) is 4.85 Å². The highest BCUT2D eigenvalue weighted by Crippen LogP contribution is 2.46. The molecule has 0 radical (unpaired) electrons. The van der Waals surface area contributed by atoms with E-state index in [4.69, 9.17) is 18.2 Å². The molecule has 3 aromatic rings. The average molecular weight is 339 g/mol. The number of aromatic amines is 1. The Bertz CT molecular complexity index is 934. The van der Waals surface area contributed by atoms with Crippen molar-refractivity contribution in [2.45, 2.75) is 5.92 Å². The van der Waals surface area contributed by atoms with Gasteiger partial charge in [-0.15, -0.1) is 11.3 Å². The van der Waals surface area contributed by atoms with Crippen LogP contribution in [-0.2, 0) is 0 Å². The smallest absolute Gasteiger partial charge is 0.201 e. The molecule has 4 nitrogen and oxygen atoms in total. The Morgan fingerprint density at radius 3 is 2.78 bits per heavy atom. The van der Waals surface area contributed by atoms with Crippen molar-refractivity contribution in [2.24, 2.45) is 0 Å². The minimum absolute atomic E-state index is 0.228. The monoisotopic (exact) mass is 338 g/mol. The molecule has 0 bridgehead atoms. The lowest BCUT2D eigenvalue weighted by molar-refractivity contribution is 0.967. The van der Waals surface area contributed by atoms with Gasteiger partial charge in [-0.05, 0) is 23.1 Å². The molecular formula is C17H11ClN4S. The quantitative estimate of drug-likeness (QED) is 0.648. The number of allylic oxidation sites excluding steroid dienone is 1. The number of benzene rings is 1. The topological polar surface area (TPSA) is 45.1 Å². The molecule has 0 spiro atoms. The van der Waals surface area contributed by atoms with Crippen molar-refractivity contribution in [3.8, 4) is 0 Å². The fraction of sp³-hybridized carbons (Fsp3) is 0.0588. The molecule has 0 saturated carbocycles. The van der Waals surface area contributed by atoms with Crippen LogP contribution in [0.1, 0.15) is 21.9 Å².